The summed E-state index contributed by atoms with van der Waals surface area (Å²) in [6.45, 7) is 0.400. The summed E-state index contributed by atoms with van der Waals surface area (Å²) in [6.07, 6.45) is 1.54. The quantitative estimate of drug-likeness (QED) is 0.876. The molecule has 1 N–H and O–H groups in total. The zero-order valence-corrected chi connectivity index (χ0v) is 13.1. The van der Waals surface area contributed by atoms with E-state index in [-0.39, 0.29) is 11.4 Å². The zero-order valence-electron chi connectivity index (χ0n) is 9.95. The molecule has 0 bridgehead atoms. The van der Waals surface area contributed by atoms with Crippen LogP contribution >= 0.6 is 31.9 Å². The lowest BCUT2D eigenvalue weighted by molar-refractivity contribution is 0.619. The van der Waals surface area contributed by atoms with Crippen molar-refractivity contribution in [3.8, 4) is 0 Å². The van der Waals surface area contributed by atoms with Gasteiger partial charge in [-0.2, -0.15) is 5.10 Å². The van der Waals surface area contributed by atoms with Gasteiger partial charge in [-0.1, -0.05) is 6.07 Å². The molecule has 1 aromatic carbocycles. The molecule has 0 atom stereocenters. The second-order valence-electron chi connectivity index (χ2n) is 3.90. The molecule has 0 aliphatic carbocycles. The molecule has 19 heavy (non-hydrogen) atoms. The molecule has 1 aromatic heterocycles. The third-order valence-electron chi connectivity index (χ3n) is 2.55. The van der Waals surface area contributed by atoms with Crippen LogP contribution in [0.15, 0.2) is 38.1 Å². The van der Waals surface area contributed by atoms with Crippen molar-refractivity contribution >= 4 is 37.5 Å². The number of aryl methyl sites for hydroxylation is 1. The number of rotatable bonds is 3. The second kappa shape index (κ2) is 5.83. The maximum absolute atomic E-state index is 13.4. The number of halogens is 3. The second-order valence-corrected chi connectivity index (χ2v) is 5.55. The molecule has 0 aliphatic heterocycles. The summed E-state index contributed by atoms with van der Waals surface area (Å²) < 4.78 is 15.4. The van der Waals surface area contributed by atoms with Crippen molar-refractivity contribution in [1.29, 1.82) is 0 Å². The summed E-state index contributed by atoms with van der Waals surface area (Å²) >= 11 is 6.31. The van der Waals surface area contributed by atoms with Crippen LogP contribution in [0.3, 0.4) is 0 Å². The molecule has 0 saturated carbocycles. The Labute approximate surface area is 125 Å². The maximum Gasteiger partial charge on any atom is 0.282 e. The Morgan fingerprint density at radius 2 is 2.16 bits per heavy atom. The van der Waals surface area contributed by atoms with Crippen molar-refractivity contribution in [2.24, 2.45) is 7.05 Å². The number of hydrogen-bond donors (Lipinski definition) is 1. The van der Waals surface area contributed by atoms with Crippen molar-refractivity contribution in [1.82, 2.24) is 9.78 Å². The van der Waals surface area contributed by atoms with Crippen LogP contribution in [-0.4, -0.2) is 9.78 Å². The number of aromatic nitrogens is 2. The number of nitrogens with zero attached hydrogens (tertiary/aromatic N) is 2. The average molecular weight is 391 g/mol. The van der Waals surface area contributed by atoms with Gasteiger partial charge in [-0.15, -0.1) is 0 Å². The van der Waals surface area contributed by atoms with Gasteiger partial charge in [-0.3, -0.25) is 4.79 Å². The van der Waals surface area contributed by atoms with Crippen LogP contribution in [-0.2, 0) is 13.6 Å². The first kappa shape index (κ1) is 14.2. The normalized spacial score (nSPS) is 10.5. The van der Waals surface area contributed by atoms with Gasteiger partial charge >= 0.3 is 0 Å². The van der Waals surface area contributed by atoms with Gasteiger partial charge in [0, 0.05) is 13.6 Å². The summed E-state index contributed by atoms with van der Waals surface area (Å²) in [7, 11) is 1.57. The molecule has 0 fully saturated rings. The van der Waals surface area contributed by atoms with Crippen LogP contribution in [0.1, 0.15) is 5.56 Å². The highest BCUT2D eigenvalue weighted by Gasteiger charge is 2.07. The van der Waals surface area contributed by atoms with E-state index in [9.17, 15) is 9.18 Å². The van der Waals surface area contributed by atoms with Gasteiger partial charge in [0.25, 0.3) is 5.56 Å². The van der Waals surface area contributed by atoms with E-state index in [2.05, 4.69) is 42.3 Å². The zero-order chi connectivity index (χ0) is 14.0. The van der Waals surface area contributed by atoms with E-state index < -0.39 is 0 Å². The lowest BCUT2D eigenvalue weighted by atomic mass is 10.2. The maximum atomic E-state index is 13.4. The molecule has 0 amide bonds. The number of nitrogens with one attached hydrogen (secondary N) is 1. The van der Waals surface area contributed by atoms with E-state index in [1.165, 1.54) is 10.7 Å². The van der Waals surface area contributed by atoms with Gasteiger partial charge in [0.05, 0.1) is 16.4 Å². The van der Waals surface area contributed by atoms with Crippen LogP contribution in [0.2, 0.25) is 0 Å². The molecular weight excluding hydrogens is 381 g/mol. The third kappa shape index (κ3) is 3.22. The van der Waals surface area contributed by atoms with E-state index in [0.717, 1.165) is 5.56 Å². The number of benzene rings is 1. The first-order chi connectivity index (χ1) is 8.99. The Hall–Kier alpha value is -1.21. The monoisotopic (exact) mass is 389 g/mol. The summed E-state index contributed by atoms with van der Waals surface area (Å²) in [5, 5.41) is 6.95. The van der Waals surface area contributed by atoms with Gasteiger partial charge in [-0.25, -0.2) is 9.07 Å². The molecule has 4 nitrogen and oxygen atoms in total. The molecular formula is C12H10Br2FN3O. The smallest absolute Gasteiger partial charge is 0.282 e. The van der Waals surface area contributed by atoms with Crippen molar-refractivity contribution in [2.75, 3.05) is 5.32 Å². The van der Waals surface area contributed by atoms with Gasteiger partial charge < -0.3 is 5.32 Å². The summed E-state index contributed by atoms with van der Waals surface area (Å²) in [5.74, 6) is -0.319. The van der Waals surface area contributed by atoms with Crippen LogP contribution in [0, 0.1) is 5.82 Å². The Bertz CT molecular complexity index is 673. The molecule has 0 radical (unpaired) electrons. The van der Waals surface area contributed by atoms with Crippen molar-refractivity contribution < 1.29 is 4.39 Å². The standard InChI is InChI=1S/C12H10Br2FN3O/c1-18-12(19)11(14)10(6-17-18)16-5-7-2-3-8(13)9(15)4-7/h2-4,6,16H,5H2,1H3. The number of hydrogen-bond acceptors (Lipinski definition) is 3. The molecule has 2 aromatic rings. The van der Waals surface area contributed by atoms with Crippen LogP contribution in [0.4, 0.5) is 10.1 Å². The summed E-state index contributed by atoms with van der Waals surface area (Å²) in [4.78, 5) is 11.6. The third-order valence-corrected chi connectivity index (χ3v) is 3.95. The SMILES string of the molecule is Cn1ncc(NCc2ccc(Br)c(F)c2)c(Br)c1=O. The summed E-state index contributed by atoms with van der Waals surface area (Å²) in [6, 6.07) is 4.87. The molecule has 0 aliphatic rings. The first-order valence-corrected chi connectivity index (χ1v) is 6.97. The molecule has 100 valence electrons. The molecule has 7 heteroatoms. The topological polar surface area (TPSA) is 46.9 Å². The minimum atomic E-state index is -0.319. The fraction of sp³-hybridized carbons (Fsp3) is 0.167. The Balaban J connectivity index is 2.17. The number of anilines is 1. The van der Waals surface area contributed by atoms with Gasteiger partial charge in [0.15, 0.2) is 0 Å². The highest BCUT2D eigenvalue weighted by atomic mass is 79.9. The van der Waals surface area contributed by atoms with E-state index in [1.807, 2.05) is 0 Å². The fourth-order valence-electron chi connectivity index (χ4n) is 1.48. The van der Waals surface area contributed by atoms with Crippen molar-refractivity contribution in [2.45, 2.75) is 6.54 Å². The van der Waals surface area contributed by atoms with Crippen molar-refractivity contribution in [3.05, 3.63) is 55.1 Å². The minimum Gasteiger partial charge on any atom is -0.379 e. The highest BCUT2D eigenvalue weighted by Crippen LogP contribution is 2.19. The molecule has 2 rings (SSSR count). The van der Waals surface area contributed by atoms with Gasteiger partial charge in [0.2, 0.25) is 0 Å². The van der Waals surface area contributed by atoms with Gasteiger partial charge in [0.1, 0.15) is 10.3 Å². The Morgan fingerprint density at radius 1 is 1.42 bits per heavy atom. The van der Waals surface area contributed by atoms with Crippen LogP contribution in [0.25, 0.3) is 0 Å². The Morgan fingerprint density at radius 3 is 2.84 bits per heavy atom. The van der Waals surface area contributed by atoms with Gasteiger partial charge in [-0.05, 0) is 49.6 Å². The average Bonchev–Trinajstić information content (AvgIpc) is 2.39. The van der Waals surface area contributed by atoms with E-state index >= 15 is 0 Å². The highest BCUT2D eigenvalue weighted by molar-refractivity contribution is 9.10. The lowest BCUT2D eigenvalue weighted by Crippen LogP contribution is -2.21. The first-order valence-electron chi connectivity index (χ1n) is 5.38. The predicted octanol–water partition coefficient (Wildman–Crippen LogP) is 3.06. The summed E-state index contributed by atoms with van der Waals surface area (Å²) in [5.41, 5.74) is 1.12. The van der Waals surface area contributed by atoms with Crippen LogP contribution in [0.5, 0.6) is 0 Å². The predicted molar refractivity (Wildman–Crippen MR) is 78.6 cm³/mol. The van der Waals surface area contributed by atoms with E-state index in [0.29, 0.717) is 21.2 Å². The lowest BCUT2D eigenvalue weighted by Gasteiger charge is -2.09. The molecule has 0 spiro atoms. The van der Waals surface area contributed by atoms with E-state index in [1.54, 1.807) is 25.4 Å². The minimum absolute atomic E-state index is 0.230. The molecule has 0 unspecified atom stereocenters. The Kier molecular flexibility index (Phi) is 4.36. The van der Waals surface area contributed by atoms with Crippen molar-refractivity contribution in [3.63, 3.8) is 0 Å². The fourth-order valence-corrected chi connectivity index (χ4v) is 2.23. The van der Waals surface area contributed by atoms with E-state index in [4.69, 9.17) is 0 Å². The largest absolute Gasteiger partial charge is 0.379 e. The van der Waals surface area contributed by atoms with Crippen LogP contribution < -0.4 is 10.9 Å². The molecule has 1 heterocycles. The molecule has 0 saturated heterocycles.